The van der Waals surface area contributed by atoms with Gasteiger partial charge in [-0.1, -0.05) is 0 Å². The second-order valence-corrected chi connectivity index (χ2v) is 1.15. The fraction of sp³-hybridized carbons (Fsp3) is 0.500. The summed E-state index contributed by atoms with van der Waals surface area (Å²) in [5, 5.41) is 1.31. The molecule has 40 valence electrons. The Hall–Kier alpha value is -0.540. The molecule has 0 spiro atoms. The van der Waals surface area contributed by atoms with E-state index in [9.17, 15) is 0 Å². The monoisotopic (exact) mass is 101 g/mol. The normalized spacial score (nSPS) is 18.7. The van der Waals surface area contributed by atoms with Gasteiger partial charge in [-0.3, -0.25) is 4.84 Å². The maximum atomic E-state index is 4.80. The Bertz CT molecular complexity index is 81.8. The van der Waals surface area contributed by atoms with Crippen LogP contribution in [-0.2, 0) is 9.68 Å². The Morgan fingerprint density at radius 2 is 2.71 bits per heavy atom. The quantitative estimate of drug-likeness (QED) is 0.474. The van der Waals surface area contributed by atoms with Gasteiger partial charge >= 0.3 is 0 Å². The summed E-state index contributed by atoms with van der Waals surface area (Å²) in [4.78, 5) is 9.44. The van der Waals surface area contributed by atoms with Gasteiger partial charge in [-0.05, 0) is 6.08 Å². The van der Waals surface area contributed by atoms with E-state index >= 15 is 0 Å². The molecule has 0 aromatic heterocycles. The van der Waals surface area contributed by atoms with Crippen molar-refractivity contribution in [2.45, 2.75) is 0 Å². The fourth-order valence-electron chi connectivity index (χ4n) is 0.402. The molecule has 0 N–H and O–H groups in total. The van der Waals surface area contributed by atoms with Crippen LogP contribution < -0.4 is 0 Å². The van der Waals surface area contributed by atoms with E-state index in [-0.39, 0.29) is 0 Å². The van der Waals surface area contributed by atoms with Gasteiger partial charge in [0.2, 0.25) is 0 Å². The van der Waals surface area contributed by atoms with E-state index < -0.39 is 0 Å². The third-order valence-corrected chi connectivity index (χ3v) is 0.705. The van der Waals surface area contributed by atoms with Crippen molar-refractivity contribution in [3.05, 3.63) is 12.3 Å². The Kier molecular flexibility index (Phi) is 1.29. The highest BCUT2D eigenvalue weighted by Gasteiger charge is 1.99. The lowest BCUT2D eigenvalue weighted by molar-refractivity contribution is -0.305. The van der Waals surface area contributed by atoms with E-state index in [0.29, 0.717) is 6.61 Å². The van der Waals surface area contributed by atoms with Crippen LogP contribution in [-0.4, -0.2) is 18.9 Å². The van der Waals surface area contributed by atoms with E-state index in [1.54, 1.807) is 13.3 Å². The minimum atomic E-state index is 0.619. The highest BCUT2D eigenvalue weighted by atomic mass is 16.9. The van der Waals surface area contributed by atoms with Crippen LogP contribution >= 0.6 is 0 Å². The molecule has 0 saturated carbocycles. The van der Waals surface area contributed by atoms with Crippen molar-refractivity contribution in [1.82, 2.24) is 5.23 Å². The maximum Gasteiger partial charge on any atom is 0.0975 e. The first kappa shape index (κ1) is 4.61. The lowest BCUT2D eigenvalue weighted by Crippen LogP contribution is -2.10. The van der Waals surface area contributed by atoms with Gasteiger partial charge in [0.25, 0.3) is 0 Å². The second kappa shape index (κ2) is 1.95. The zero-order chi connectivity index (χ0) is 5.11. The van der Waals surface area contributed by atoms with Crippen LogP contribution in [0.1, 0.15) is 0 Å². The topological polar surface area (TPSA) is 21.7 Å². The number of hydrogen-bond donors (Lipinski definition) is 0. The number of hydroxylamine groups is 2. The van der Waals surface area contributed by atoms with Gasteiger partial charge in [-0.2, -0.15) is 0 Å². The zero-order valence-corrected chi connectivity index (χ0v) is 4.13. The Balaban J connectivity index is 2.28. The van der Waals surface area contributed by atoms with Gasteiger partial charge in [-0.25, -0.2) is 4.84 Å². The van der Waals surface area contributed by atoms with Crippen LogP contribution in [0, 0.1) is 0 Å². The molecule has 3 nitrogen and oxygen atoms in total. The molecule has 1 aliphatic rings. The molecular formula is C4H7NO2. The second-order valence-electron chi connectivity index (χ2n) is 1.15. The molecule has 0 aromatic rings. The molecule has 0 atom stereocenters. The first-order chi connectivity index (χ1) is 3.43. The Morgan fingerprint density at radius 3 is 3.00 bits per heavy atom. The van der Waals surface area contributed by atoms with Crippen LogP contribution in [0.5, 0.6) is 0 Å². The maximum absolute atomic E-state index is 4.80. The van der Waals surface area contributed by atoms with Gasteiger partial charge < -0.3 is 0 Å². The van der Waals surface area contributed by atoms with Crippen molar-refractivity contribution >= 4 is 0 Å². The zero-order valence-electron chi connectivity index (χ0n) is 4.13. The highest BCUT2D eigenvalue weighted by Crippen LogP contribution is 1.98. The van der Waals surface area contributed by atoms with Gasteiger partial charge in [0, 0.05) is 0 Å². The lowest BCUT2D eigenvalue weighted by Gasteiger charge is -2.07. The minimum Gasteiger partial charge on any atom is -0.252 e. The number of hydrogen-bond acceptors (Lipinski definition) is 3. The average Bonchev–Trinajstić information content (AvgIpc) is 2.14. The molecule has 1 aliphatic heterocycles. The minimum absolute atomic E-state index is 0.619. The predicted octanol–water partition coefficient (Wildman–Crippen LogP) is 0.309. The largest absolute Gasteiger partial charge is 0.252 e. The molecule has 0 amide bonds. The molecule has 0 aliphatic carbocycles. The summed E-state index contributed by atoms with van der Waals surface area (Å²) in [6.07, 6.45) is 3.59. The van der Waals surface area contributed by atoms with Crippen LogP contribution in [0.2, 0.25) is 0 Å². The van der Waals surface area contributed by atoms with E-state index in [1.807, 2.05) is 6.08 Å². The first-order valence-electron chi connectivity index (χ1n) is 2.06. The molecule has 7 heavy (non-hydrogen) atoms. The standard InChI is InChI=1S/C4H7NO2/c1-6-5-3-2-4-7-5/h2-3H,4H2,1H3. The SMILES string of the molecule is CON1C=CCO1. The third-order valence-electron chi connectivity index (χ3n) is 0.705. The van der Waals surface area contributed by atoms with Gasteiger partial charge in [0.15, 0.2) is 0 Å². The summed E-state index contributed by atoms with van der Waals surface area (Å²) < 4.78 is 0. The molecular weight excluding hydrogens is 94.0 g/mol. The molecule has 0 aromatic carbocycles. The molecule has 0 unspecified atom stereocenters. The van der Waals surface area contributed by atoms with Crippen molar-refractivity contribution in [2.24, 2.45) is 0 Å². The van der Waals surface area contributed by atoms with Crippen LogP contribution in [0.15, 0.2) is 12.3 Å². The third kappa shape index (κ3) is 0.913. The van der Waals surface area contributed by atoms with E-state index in [0.717, 1.165) is 0 Å². The average molecular weight is 101 g/mol. The summed E-state index contributed by atoms with van der Waals surface area (Å²) in [6, 6.07) is 0. The first-order valence-corrected chi connectivity index (χ1v) is 2.06. The lowest BCUT2D eigenvalue weighted by atomic mass is 10.7. The van der Waals surface area contributed by atoms with E-state index in [1.165, 1.54) is 5.23 Å². The molecule has 3 heteroatoms. The highest BCUT2D eigenvalue weighted by molar-refractivity contribution is 4.79. The molecule has 0 radical (unpaired) electrons. The Labute approximate surface area is 42.0 Å². The smallest absolute Gasteiger partial charge is 0.0975 e. The fourth-order valence-corrected chi connectivity index (χ4v) is 0.402. The molecule has 1 heterocycles. The van der Waals surface area contributed by atoms with Gasteiger partial charge in [0.05, 0.1) is 19.9 Å². The van der Waals surface area contributed by atoms with Gasteiger partial charge in [0.1, 0.15) is 0 Å². The summed E-state index contributed by atoms with van der Waals surface area (Å²) in [6.45, 7) is 0.619. The van der Waals surface area contributed by atoms with Crippen LogP contribution in [0.4, 0.5) is 0 Å². The van der Waals surface area contributed by atoms with Gasteiger partial charge in [-0.15, -0.1) is 5.23 Å². The van der Waals surface area contributed by atoms with Crippen molar-refractivity contribution in [2.75, 3.05) is 13.7 Å². The summed E-state index contributed by atoms with van der Waals surface area (Å²) in [5.74, 6) is 0. The van der Waals surface area contributed by atoms with Crippen LogP contribution in [0.25, 0.3) is 0 Å². The summed E-state index contributed by atoms with van der Waals surface area (Å²) >= 11 is 0. The van der Waals surface area contributed by atoms with Crippen molar-refractivity contribution in [3.63, 3.8) is 0 Å². The summed E-state index contributed by atoms with van der Waals surface area (Å²) in [7, 11) is 1.55. The van der Waals surface area contributed by atoms with E-state index in [2.05, 4.69) is 4.84 Å². The summed E-state index contributed by atoms with van der Waals surface area (Å²) in [5.41, 5.74) is 0. The molecule has 0 saturated heterocycles. The molecule has 0 bridgehead atoms. The van der Waals surface area contributed by atoms with Crippen LogP contribution in [0.3, 0.4) is 0 Å². The van der Waals surface area contributed by atoms with Crippen molar-refractivity contribution < 1.29 is 9.68 Å². The number of rotatable bonds is 1. The molecule has 0 fully saturated rings. The number of nitrogens with zero attached hydrogens (tertiary/aromatic N) is 1. The molecule has 1 rings (SSSR count). The van der Waals surface area contributed by atoms with E-state index in [4.69, 9.17) is 4.84 Å². The Morgan fingerprint density at radius 1 is 1.86 bits per heavy atom. The van der Waals surface area contributed by atoms with Crippen molar-refractivity contribution in [3.8, 4) is 0 Å². The predicted molar refractivity (Wildman–Crippen MR) is 23.9 cm³/mol. The van der Waals surface area contributed by atoms with Crippen molar-refractivity contribution in [1.29, 1.82) is 0 Å².